The van der Waals surface area contributed by atoms with Gasteiger partial charge in [0, 0.05) is 17.2 Å². The van der Waals surface area contributed by atoms with Gasteiger partial charge in [-0.3, -0.25) is 4.79 Å². The second kappa shape index (κ2) is 5.16. The van der Waals surface area contributed by atoms with Crippen molar-refractivity contribution in [3.05, 3.63) is 28.5 Å². The van der Waals surface area contributed by atoms with Gasteiger partial charge < -0.3 is 5.32 Å². The minimum absolute atomic E-state index is 0.0555. The van der Waals surface area contributed by atoms with E-state index in [0.717, 1.165) is 25.0 Å². The quantitative estimate of drug-likeness (QED) is 0.857. The van der Waals surface area contributed by atoms with Gasteiger partial charge in [-0.15, -0.1) is 0 Å². The molecule has 0 heterocycles. The topological polar surface area (TPSA) is 63.2 Å². The van der Waals surface area contributed by atoms with Gasteiger partial charge in [-0.25, -0.2) is 12.8 Å². The van der Waals surface area contributed by atoms with Crippen LogP contribution in [-0.2, 0) is 9.05 Å². The highest BCUT2D eigenvalue weighted by molar-refractivity contribution is 8.13. The number of hydrogen-bond acceptors (Lipinski definition) is 3. The van der Waals surface area contributed by atoms with E-state index in [1.807, 2.05) is 6.92 Å². The summed E-state index contributed by atoms with van der Waals surface area (Å²) < 4.78 is 36.3. The number of hydrogen-bond donors (Lipinski definition) is 1. The molecule has 1 fully saturated rings. The molecule has 1 N–H and O–H groups in total. The molecule has 0 unspecified atom stereocenters. The SMILES string of the molecule is CC1(CNC(=O)c2cc(S(=O)(=O)Cl)c(Cl)cc2F)CC1. The zero-order valence-corrected chi connectivity index (χ0v) is 12.9. The third-order valence-corrected chi connectivity index (χ3v) is 5.09. The molecule has 0 bridgehead atoms. The smallest absolute Gasteiger partial charge is 0.262 e. The van der Waals surface area contributed by atoms with Crippen molar-refractivity contribution in [3.8, 4) is 0 Å². The molecule has 20 heavy (non-hydrogen) atoms. The van der Waals surface area contributed by atoms with Crippen LogP contribution >= 0.6 is 22.3 Å². The van der Waals surface area contributed by atoms with E-state index in [0.29, 0.717) is 6.54 Å². The van der Waals surface area contributed by atoms with Crippen molar-refractivity contribution in [3.63, 3.8) is 0 Å². The number of nitrogens with one attached hydrogen (secondary N) is 1. The summed E-state index contributed by atoms with van der Waals surface area (Å²) >= 11 is 5.62. The van der Waals surface area contributed by atoms with Crippen molar-refractivity contribution in [1.82, 2.24) is 5.32 Å². The lowest BCUT2D eigenvalue weighted by Gasteiger charge is -2.11. The molecule has 0 atom stereocenters. The first-order valence-corrected chi connectivity index (χ1v) is 8.53. The first-order chi connectivity index (χ1) is 9.12. The Labute approximate surface area is 125 Å². The van der Waals surface area contributed by atoms with Crippen LogP contribution in [-0.4, -0.2) is 20.9 Å². The van der Waals surface area contributed by atoms with Gasteiger partial charge >= 0.3 is 0 Å². The Bertz CT molecular complexity index is 672. The molecule has 1 aromatic carbocycles. The summed E-state index contributed by atoms with van der Waals surface area (Å²) in [5.41, 5.74) is -0.335. The molecule has 1 saturated carbocycles. The summed E-state index contributed by atoms with van der Waals surface area (Å²) in [4.78, 5) is 11.4. The van der Waals surface area contributed by atoms with Crippen molar-refractivity contribution in [2.75, 3.05) is 6.54 Å². The summed E-state index contributed by atoms with van der Waals surface area (Å²) in [5.74, 6) is -1.58. The van der Waals surface area contributed by atoms with Crippen LogP contribution in [0.5, 0.6) is 0 Å². The highest BCUT2D eigenvalue weighted by atomic mass is 35.7. The third-order valence-electron chi connectivity index (χ3n) is 3.31. The molecule has 0 saturated heterocycles. The van der Waals surface area contributed by atoms with Gasteiger partial charge in [0.1, 0.15) is 10.7 Å². The van der Waals surface area contributed by atoms with E-state index in [1.54, 1.807) is 0 Å². The first-order valence-electron chi connectivity index (χ1n) is 5.84. The van der Waals surface area contributed by atoms with E-state index in [9.17, 15) is 17.6 Å². The zero-order valence-electron chi connectivity index (χ0n) is 10.5. The molecule has 1 amide bonds. The maximum Gasteiger partial charge on any atom is 0.262 e. The number of benzene rings is 1. The molecule has 0 aliphatic heterocycles. The van der Waals surface area contributed by atoms with E-state index in [1.165, 1.54) is 0 Å². The third kappa shape index (κ3) is 3.42. The molecular formula is C12H12Cl2FNO3S. The van der Waals surface area contributed by atoms with Crippen LogP contribution in [0.2, 0.25) is 5.02 Å². The highest BCUT2D eigenvalue weighted by Gasteiger charge is 2.37. The average Bonchev–Trinajstić information content (AvgIpc) is 3.03. The molecular weight excluding hydrogens is 328 g/mol. The molecule has 0 aromatic heterocycles. The van der Waals surface area contributed by atoms with Gasteiger partial charge in [0.25, 0.3) is 15.0 Å². The van der Waals surface area contributed by atoms with E-state index in [-0.39, 0.29) is 10.4 Å². The molecule has 1 aromatic rings. The van der Waals surface area contributed by atoms with Gasteiger partial charge in [-0.2, -0.15) is 0 Å². The maximum absolute atomic E-state index is 13.7. The fourth-order valence-corrected chi connectivity index (χ4v) is 3.18. The summed E-state index contributed by atoms with van der Waals surface area (Å²) in [5, 5.41) is 2.22. The Morgan fingerprint density at radius 1 is 1.45 bits per heavy atom. The number of amides is 1. The summed E-state index contributed by atoms with van der Waals surface area (Å²) in [6.45, 7) is 2.41. The predicted molar refractivity (Wildman–Crippen MR) is 74.1 cm³/mol. The van der Waals surface area contributed by atoms with E-state index in [4.69, 9.17) is 22.3 Å². The van der Waals surface area contributed by atoms with Crippen LogP contribution < -0.4 is 5.32 Å². The van der Waals surface area contributed by atoms with Crippen molar-refractivity contribution in [2.45, 2.75) is 24.7 Å². The lowest BCUT2D eigenvalue weighted by atomic mass is 10.1. The highest BCUT2D eigenvalue weighted by Crippen LogP contribution is 2.44. The second-order valence-electron chi connectivity index (χ2n) is 5.19. The number of rotatable bonds is 4. The van der Waals surface area contributed by atoms with Crippen molar-refractivity contribution in [2.24, 2.45) is 5.41 Å². The van der Waals surface area contributed by atoms with Gasteiger partial charge in [0.15, 0.2) is 0 Å². The van der Waals surface area contributed by atoms with Crippen molar-refractivity contribution in [1.29, 1.82) is 0 Å². The lowest BCUT2D eigenvalue weighted by Crippen LogP contribution is -2.29. The van der Waals surface area contributed by atoms with Crippen molar-refractivity contribution >= 4 is 37.2 Å². The Hall–Kier alpha value is -0.850. The number of carbonyl (C=O) groups excluding carboxylic acids is 1. The van der Waals surface area contributed by atoms with Gasteiger partial charge in [0.2, 0.25) is 0 Å². The van der Waals surface area contributed by atoms with Gasteiger partial charge in [0.05, 0.1) is 10.6 Å². The van der Waals surface area contributed by atoms with Crippen LogP contribution in [0.15, 0.2) is 17.0 Å². The van der Waals surface area contributed by atoms with Gasteiger partial charge in [-0.05, 0) is 30.4 Å². The Morgan fingerprint density at radius 3 is 2.55 bits per heavy atom. The number of carbonyl (C=O) groups is 1. The maximum atomic E-state index is 13.7. The molecule has 4 nitrogen and oxygen atoms in total. The number of halogens is 3. The molecule has 0 spiro atoms. The fourth-order valence-electron chi connectivity index (χ4n) is 1.67. The molecule has 110 valence electrons. The minimum Gasteiger partial charge on any atom is -0.351 e. The predicted octanol–water partition coefficient (Wildman–Crippen LogP) is 2.94. The summed E-state index contributed by atoms with van der Waals surface area (Å²) in [7, 11) is 1.04. The van der Waals surface area contributed by atoms with Crippen LogP contribution in [0.1, 0.15) is 30.1 Å². The standard InChI is InChI=1S/C12H12Cl2FNO3S/c1-12(2-3-12)6-16-11(17)7-4-10(20(14,18)19)8(13)5-9(7)15/h4-5H,2-3,6H2,1H3,(H,16,17). The minimum atomic E-state index is -4.14. The molecule has 2 rings (SSSR count). The summed E-state index contributed by atoms with van der Waals surface area (Å²) in [6.07, 6.45) is 2.00. The van der Waals surface area contributed by atoms with E-state index >= 15 is 0 Å². The van der Waals surface area contributed by atoms with Gasteiger partial charge in [-0.1, -0.05) is 18.5 Å². The van der Waals surface area contributed by atoms with E-state index in [2.05, 4.69) is 5.32 Å². The average molecular weight is 340 g/mol. The Kier molecular flexibility index (Phi) is 4.01. The van der Waals surface area contributed by atoms with Crippen LogP contribution in [0.4, 0.5) is 4.39 Å². The van der Waals surface area contributed by atoms with Crippen molar-refractivity contribution < 1.29 is 17.6 Å². The monoisotopic (exact) mass is 339 g/mol. The Balaban J connectivity index is 2.28. The summed E-state index contributed by atoms with van der Waals surface area (Å²) in [6, 6.07) is 1.62. The molecule has 1 aliphatic carbocycles. The first kappa shape index (κ1) is 15.5. The van der Waals surface area contributed by atoms with Crippen LogP contribution in [0.25, 0.3) is 0 Å². The molecule has 1 aliphatic rings. The normalized spacial score (nSPS) is 16.8. The fraction of sp³-hybridized carbons (Fsp3) is 0.417. The lowest BCUT2D eigenvalue weighted by molar-refractivity contribution is 0.0942. The second-order valence-corrected chi connectivity index (χ2v) is 8.14. The van der Waals surface area contributed by atoms with Crippen LogP contribution in [0, 0.1) is 11.2 Å². The van der Waals surface area contributed by atoms with E-state index < -0.39 is 31.2 Å². The molecule has 8 heteroatoms. The Morgan fingerprint density at radius 2 is 2.05 bits per heavy atom. The largest absolute Gasteiger partial charge is 0.351 e. The zero-order chi connectivity index (χ0) is 15.1. The van der Waals surface area contributed by atoms with Crippen LogP contribution in [0.3, 0.4) is 0 Å². The molecule has 0 radical (unpaired) electrons.